The number of hydrogen-bond donors (Lipinski definition) is 1. The van der Waals surface area contributed by atoms with E-state index in [4.69, 9.17) is 37.9 Å². The van der Waals surface area contributed by atoms with Gasteiger partial charge in [0.1, 0.15) is 5.69 Å². The van der Waals surface area contributed by atoms with E-state index < -0.39 is 9.85 Å². The lowest BCUT2D eigenvalue weighted by Gasteiger charge is -2.09. The molecule has 0 heterocycles. The molecule has 0 amide bonds. The van der Waals surface area contributed by atoms with Crippen molar-refractivity contribution in [1.82, 2.24) is 0 Å². The Hall–Kier alpha value is -3.03. The van der Waals surface area contributed by atoms with Gasteiger partial charge in [0.05, 0.1) is 135 Å². The van der Waals surface area contributed by atoms with Crippen molar-refractivity contribution in [3.8, 4) is 0 Å². The van der Waals surface area contributed by atoms with Gasteiger partial charge in [-0.2, -0.15) is 0 Å². The van der Waals surface area contributed by atoms with E-state index in [0.717, 1.165) is 6.07 Å². The van der Waals surface area contributed by atoms with Gasteiger partial charge in [0.15, 0.2) is 0 Å². The summed E-state index contributed by atoms with van der Waals surface area (Å²) >= 11 is 0. The topological polar surface area (TPSA) is 198 Å². The highest BCUT2D eigenvalue weighted by Gasteiger charge is 2.19. The molecule has 1 aromatic rings. The third-order valence-electron chi connectivity index (χ3n) is 5.23. The molecule has 1 N–H and O–H groups in total. The molecule has 0 spiro atoms. The van der Waals surface area contributed by atoms with Gasteiger partial charge in [-0.1, -0.05) is 0 Å². The fraction of sp³-hybridized carbons (Fsp3) is 0.731. The number of benzene rings is 1. The van der Waals surface area contributed by atoms with Gasteiger partial charge in [-0.15, -0.1) is 0 Å². The van der Waals surface area contributed by atoms with E-state index in [0.29, 0.717) is 99.1 Å². The quantitative estimate of drug-likeness (QED) is 0.0562. The number of non-ortho nitro benzene ring substituents is 1. The van der Waals surface area contributed by atoms with E-state index in [1.807, 2.05) is 0 Å². The van der Waals surface area contributed by atoms with E-state index in [9.17, 15) is 25.0 Å². The fourth-order valence-electron chi connectivity index (χ4n) is 3.09. The van der Waals surface area contributed by atoms with Crippen LogP contribution in [0.2, 0.25) is 0 Å². The molecule has 246 valence electrons. The molecule has 0 saturated carbocycles. The first-order valence-electron chi connectivity index (χ1n) is 13.8. The summed E-state index contributed by atoms with van der Waals surface area (Å²) in [5.41, 5.74) is -0.534. The van der Waals surface area contributed by atoms with Gasteiger partial charge in [-0.3, -0.25) is 25.0 Å². The molecular weight excluding hydrogens is 578 g/mol. The van der Waals surface area contributed by atoms with Crippen LogP contribution in [0.3, 0.4) is 0 Å². The zero-order chi connectivity index (χ0) is 31.4. The van der Waals surface area contributed by atoms with Gasteiger partial charge < -0.3 is 47.9 Å². The summed E-state index contributed by atoms with van der Waals surface area (Å²) in [5, 5.41) is 24.7. The van der Waals surface area contributed by atoms with Crippen LogP contribution in [0.15, 0.2) is 18.2 Å². The molecule has 0 aliphatic carbocycles. The second kappa shape index (κ2) is 26.6. The van der Waals surface area contributed by atoms with Gasteiger partial charge in [0, 0.05) is 12.6 Å². The molecule has 0 saturated heterocycles. The highest BCUT2D eigenvalue weighted by atomic mass is 16.6. The van der Waals surface area contributed by atoms with Crippen molar-refractivity contribution in [2.75, 3.05) is 125 Å². The summed E-state index contributed by atoms with van der Waals surface area (Å²) in [6, 6.07) is 3.41. The lowest BCUT2D eigenvalue weighted by Crippen LogP contribution is -2.15. The lowest BCUT2D eigenvalue weighted by atomic mass is 10.2. The molecule has 0 unspecified atom stereocenters. The average Bonchev–Trinajstić information content (AvgIpc) is 3.00. The standard InChI is InChI=1S/C26H43N3O14/c1-35-26(30)4-6-36-8-10-38-12-14-40-16-18-42-20-21-43-19-17-41-15-13-39-11-9-37-7-5-27-24-3-2-23(28(31)32)22-25(24)29(33)34/h2-3,22,27H,4-21H2,1H3. The predicted octanol–water partition coefficient (Wildman–Crippen LogP) is 1.61. The van der Waals surface area contributed by atoms with Crippen LogP contribution < -0.4 is 5.32 Å². The molecule has 0 aromatic heterocycles. The summed E-state index contributed by atoms with van der Waals surface area (Å²) in [6.07, 6.45) is 0.228. The maximum atomic E-state index is 11.1. The molecule has 17 heteroatoms. The number of nitro benzene ring substituents is 2. The monoisotopic (exact) mass is 621 g/mol. The number of anilines is 1. The maximum absolute atomic E-state index is 11.1. The average molecular weight is 622 g/mol. The normalized spacial score (nSPS) is 11.0. The largest absolute Gasteiger partial charge is 0.469 e. The van der Waals surface area contributed by atoms with E-state index in [1.165, 1.54) is 19.2 Å². The van der Waals surface area contributed by atoms with Gasteiger partial charge in [-0.05, 0) is 6.07 Å². The third kappa shape index (κ3) is 21.3. The fourth-order valence-corrected chi connectivity index (χ4v) is 3.09. The Morgan fingerprint density at radius 3 is 1.40 bits per heavy atom. The van der Waals surface area contributed by atoms with Gasteiger partial charge in [0.2, 0.25) is 0 Å². The number of esters is 1. The summed E-state index contributed by atoms with van der Waals surface area (Å²) in [6.45, 7) is 6.79. The number of carbonyl (C=O) groups is 1. The van der Waals surface area contributed by atoms with Crippen LogP contribution in [-0.4, -0.2) is 135 Å². The van der Waals surface area contributed by atoms with Crippen molar-refractivity contribution >= 4 is 23.0 Å². The van der Waals surface area contributed by atoms with Crippen molar-refractivity contribution in [1.29, 1.82) is 0 Å². The van der Waals surface area contributed by atoms with Crippen LogP contribution in [0, 0.1) is 20.2 Å². The number of nitrogens with one attached hydrogen (secondary N) is 1. The van der Waals surface area contributed by atoms with E-state index in [1.54, 1.807) is 0 Å². The Kier molecular flexibility index (Phi) is 23.5. The number of ether oxygens (including phenoxy) is 9. The number of hydrogen-bond acceptors (Lipinski definition) is 15. The molecule has 0 bridgehead atoms. The van der Waals surface area contributed by atoms with E-state index in [2.05, 4.69) is 10.1 Å². The molecule has 1 rings (SSSR count). The Labute approximate surface area is 250 Å². The predicted molar refractivity (Wildman–Crippen MR) is 151 cm³/mol. The van der Waals surface area contributed by atoms with Crippen LogP contribution >= 0.6 is 0 Å². The second-order valence-corrected chi connectivity index (χ2v) is 8.37. The SMILES string of the molecule is COC(=O)CCOCCOCCOCCOCCOCCOCCOCCOCCNc1ccc([N+](=O)[O-])cc1[N+](=O)[O-]. The number of nitro groups is 2. The van der Waals surface area contributed by atoms with Gasteiger partial charge in [0.25, 0.3) is 11.4 Å². The zero-order valence-corrected chi connectivity index (χ0v) is 24.6. The number of methoxy groups -OCH3 is 1. The first-order valence-corrected chi connectivity index (χ1v) is 13.8. The molecular formula is C26H43N3O14. The minimum Gasteiger partial charge on any atom is -0.469 e. The van der Waals surface area contributed by atoms with Crippen molar-refractivity contribution in [2.24, 2.45) is 0 Å². The molecule has 1 aromatic carbocycles. The zero-order valence-electron chi connectivity index (χ0n) is 24.6. The first-order chi connectivity index (χ1) is 21.0. The van der Waals surface area contributed by atoms with Crippen LogP contribution in [0.1, 0.15) is 6.42 Å². The van der Waals surface area contributed by atoms with E-state index >= 15 is 0 Å². The highest BCUT2D eigenvalue weighted by Crippen LogP contribution is 2.28. The number of rotatable bonds is 30. The summed E-state index contributed by atoms with van der Waals surface area (Å²) in [7, 11) is 1.34. The second-order valence-electron chi connectivity index (χ2n) is 8.37. The first kappa shape index (κ1) is 38.0. The Balaban J connectivity index is 1.78. The molecule has 0 radical (unpaired) electrons. The molecule has 0 atom stereocenters. The van der Waals surface area contributed by atoms with E-state index in [-0.39, 0.29) is 42.6 Å². The lowest BCUT2D eigenvalue weighted by molar-refractivity contribution is -0.393. The van der Waals surface area contributed by atoms with Crippen LogP contribution in [-0.2, 0) is 47.4 Å². The van der Waals surface area contributed by atoms with Gasteiger partial charge >= 0.3 is 5.97 Å². The van der Waals surface area contributed by atoms with Crippen molar-refractivity contribution in [2.45, 2.75) is 6.42 Å². The summed E-state index contributed by atoms with van der Waals surface area (Å²) in [4.78, 5) is 31.4. The Bertz CT molecular complexity index is 893. The number of nitrogens with zero attached hydrogens (tertiary/aromatic N) is 2. The highest BCUT2D eigenvalue weighted by molar-refractivity contribution is 5.69. The van der Waals surface area contributed by atoms with Crippen molar-refractivity contribution < 1.29 is 57.3 Å². The third-order valence-corrected chi connectivity index (χ3v) is 5.23. The molecule has 17 nitrogen and oxygen atoms in total. The Morgan fingerprint density at radius 2 is 1.02 bits per heavy atom. The smallest absolute Gasteiger partial charge is 0.307 e. The van der Waals surface area contributed by atoms with Crippen LogP contribution in [0.25, 0.3) is 0 Å². The molecule has 43 heavy (non-hydrogen) atoms. The number of carbonyl (C=O) groups excluding carboxylic acids is 1. The Morgan fingerprint density at radius 1 is 0.628 bits per heavy atom. The molecule has 0 aliphatic rings. The minimum atomic E-state index is -0.685. The van der Waals surface area contributed by atoms with Gasteiger partial charge in [-0.25, -0.2) is 0 Å². The summed E-state index contributed by atoms with van der Waals surface area (Å²) < 4.78 is 47.6. The van der Waals surface area contributed by atoms with Crippen LogP contribution in [0.4, 0.5) is 17.1 Å². The minimum absolute atomic E-state index is 0.183. The summed E-state index contributed by atoms with van der Waals surface area (Å²) in [5.74, 6) is -0.301. The molecule has 0 fully saturated rings. The van der Waals surface area contributed by atoms with Crippen molar-refractivity contribution in [3.05, 3.63) is 38.4 Å². The maximum Gasteiger partial charge on any atom is 0.307 e. The molecule has 0 aliphatic heterocycles. The van der Waals surface area contributed by atoms with Crippen molar-refractivity contribution in [3.63, 3.8) is 0 Å². The van der Waals surface area contributed by atoms with Crippen LogP contribution in [0.5, 0.6) is 0 Å².